The standard InChI is InChI=1S/C6H6N4OS/c1-11-6-7-4-5(12-6)10-8-2-3-9-10/h2-4H,1H3. The molecule has 0 aliphatic heterocycles. The molecule has 0 fully saturated rings. The lowest BCUT2D eigenvalue weighted by molar-refractivity contribution is 0.412. The number of aromatic nitrogens is 4. The summed E-state index contributed by atoms with van der Waals surface area (Å²) in [6.45, 7) is 0. The number of rotatable bonds is 2. The van der Waals surface area contributed by atoms with Gasteiger partial charge in [-0.05, 0) is 0 Å². The molecular weight excluding hydrogens is 176 g/mol. The molecule has 0 amide bonds. The van der Waals surface area contributed by atoms with E-state index in [1.54, 1.807) is 25.7 Å². The van der Waals surface area contributed by atoms with Crippen molar-refractivity contribution in [2.24, 2.45) is 0 Å². The van der Waals surface area contributed by atoms with Crippen LogP contribution in [0.15, 0.2) is 18.6 Å². The number of methoxy groups -OCH3 is 1. The van der Waals surface area contributed by atoms with Crippen molar-refractivity contribution < 1.29 is 4.74 Å². The lowest BCUT2D eigenvalue weighted by atomic mass is 10.9. The van der Waals surface area contributed by atoms with Crippen LogP contribution in [0.5, 0.6) is 5.19 Å². The third-order valence-electron chi connectivity index (χ3n) is 1.26. The first-order valence-corrected chi connectivity index (χ1v) is 4.08. The molecule has 2 aromatic heterocycles. The Labute approximate surface area is 72.6 Å². The van der Waals surface area contributed by atoms with Gasteiger partial charge in [0.15, 0.2) is 5.00 Å². The quantitative estimate of drug-likeness (QED) is 0.687. The van der Waals surface area contributed by atoms with Crippen LogP contribution in [-0.2, 0) is 0 Å². The maximum absolute atomic E-state index is 4.93. The van der Waals surface area contributed by atoms with Crippen molar-refractivity contribution in [1.29, 1.82) is 0 Å². The molecule has 5 nitrogen and oxygen atoms in total. The van der Waals surface area contributed by atoms with E-state index in [0.29, 0.717) is 5.19 Å². The highest BCUT2D eigenvalue weighted by atomic mass is 32.1. The summed E-state index contributed by atoms with van der Waals surface area (Å²) in [7, 11) is 1.58. The first kappa shape index (κ1) is 7.23. The van der Waals surface area contributed by atoms with E-state index >= 15 is 0 Å². The number of nitrogens with zero attached hydrogens (tertiary/aromatic N) is 4. The number of hydrogen-bond donors (Lipinski definition) is 0. The van der Waals surface area contributed by atoms with Gasteiger partial charge in [-0.15, -0.1) is 4.80 Å². The summed E-state index contributed by atoms with van der Waals surface area (Å²) in [5.74, 6) is 0. The molecule has 6 heteroatoms. The zero-order valence-corrected chi connectivity index (χ0v) is 7.15. The second-order valence-corrected chi connectivity index (χ2v) is 2.96. The van der Waals surface area contributed by atoms with Crippen molar-refractivity contribution in [2.75, 3.05) is 7.11 Å². The number of hydrogen-bond acceptors (Lipinski definition) is 5. The van der Waals surface area contributed by atoms with Crippen molar-refractivity contribution in [3.05, 3.63) is 18.6 Å². The van der Waals surface area contributed by atoms with Crippen molar-refractivity contribution in [3.63, 3.8) is 0 Å². The molecule has 62 valence electrons. The molecule has 0 N–H and O–H groups in total. The van der Waals surface area contributed by atoms with E-state index in [1.807, 2.05) is 0 Å². The highest BCUT2D eigenvalue weighted by Gasteiger charge is 2.03. The minimum absolute atomic E-state index is 0.613. The third kappa shape index (κ3) is 1.16. The molecule has 0 atom stereocenters. The monoisotopic (exact) mass is 182 g/mol. The van der Waals surface area contributed by atoms with Crippen molar-refractivity contribution in [3.8, 4) is 10.2 Å². The van der Waals surface area contributed by atoms with Crippen LogP contribution in [0, 0.1) is 0 Å². The number of ether oxygens (including phenoxy) is 1. The Hall–Kier alpha value is -1.43. The first-order valence-electron chi connectivity index (χ1n) is 3.26. The highest BCUT2D eigenvalue weighted by molar-refractivity contribution is 7.15. The smallest absolute Gasteiger partial charge is 0.274 e. The SMILES string of the molecule is COc1ncc(-n2nccn2)s1. The maximum Gasteiger partial charge on any atom is 0.274 e. The summed E-state index contributed by atoms with van der Waals surface area (Å²) in [5, 5.41) is 9.37. The molecule has 0 bridgehead atoms. The Morgan fingerprint density at radius 1 is 1.42 bits per heavy atom. The van der Waals surface area contributed by atoms with Crippen molar-refractivity contribution in [2.45, 2.75) is 0 Å². The summed E-state index contributed by atoms with van der Waals surface area (Å²) in [6, 6.07) is 0. The summed E-state index contributed by atoms with van der Waals surface area (Å²) in [6.07, 6.45) is 4.90. The minimum atomic E-state index is 0.613. The van der Waals surface area contributed by atoms with E-state index in [0.717, 1.165) is 5.00 Å². The molecule has 0 saturated heterocycles. The molecule has 0 radical (unpaired) electrons. The Kier molecular flexibility index (Phi) is 1.75. The van der Waals surface area contributed by atoms with Crippen LogP contribution in [0.3, 0.4) is 0 Å². The highest BCUT2D eigenvalue weighted by Crippen LogP contribution is 2.21. The van der Waals surface area contributed by atoms with Gasteiger partial charge in [-0.3, -0.25) is 0 Å². The van der Waals surface area contributed by atoms with Crippen molar-refractivity contribution >= 4 is 11.3 Å². The predicted octanol–water partition coefficient (Wildman–Crippen LogP) is 0.732. The van der Waals surface area contributed by atoms with Crippen LogP contribution in [0.2, 0.25) is 0 Å². The second kappa shape index (κ2) is 2.90. The third-order valence-corrected chi connectivity index (χ3v) is 2.19. The molecular formula is C6H6N4OS. The molecule has 2 aromatic rings. The van der Waals surface area contributed by atoms with Crippen LogP contribution in [0.1, 0.15) is 0 Å². The van der Waals surface area contributed by atoms with Crippen LogP contribution in [-0.4, -0.2) is 27.1 Å². The normalized spacial score (nSPS) is 10.1. The molecule has 0 aromatic carbocycles. The van der Waals surface area contributed by atoms with Crippen molar-refractivity contribution in [1.82, 2.24) is 20.0 Å². The van der Waals surface area contributed by atoms with Gasteiger partial charge in [0.1, 0.15) is 0 Å². The average Bonchev–Trinajstić information content (AvgIpc) is 2.75. The van der Waals surface area contributed by atoms with Crippen LogP contribution in [0.4, 0.5) is 0 Å². The van der Waals surface area contributed by atoms with Gasteiger partial charge in [-0.25, -0.2) is 4.98 Å². The fourth-order valence-corrected chi connectivity index (χ4v) is 1.42. The predicted molar refractivity (Wildman–Crippen MR) is 43.6 cm³/mol. The Morgan fingerprint density at radius 2 is 2.17 bits per heavy atom. The summed E-state index contributed by atoms with van der Waals surface area (Å²) < 4.78 is 4.93. The molecule has 0 unspecified atom stereocenters. The van der Waals surface area contributed by atoms with Gasteiger partial charge in [-0.2, -0.15) is 10.2 Å². The van der Waals surface area contributed by atoms with Gasteiger partial charge in [0, 0.05) is 0 Å². The van der Waals surface area contributed by atoms with E-state index in [-0.39, 0.29) is 0 Å². The first-order chi connectivity index (χ1) is 5.90. The van der Waals surface area contributed by atoms with Gasteiger partial charge < -0.3 is 4.74 Å². The zero-order chi connectivity index (χ0) is 8.39. The Morgan fingerprint density at radius 3 is 2.75 bits per heavy atom. The van der Waals surface area contributed by atoms with Gasteiger partial charge in [0.25, 0.3) is 5.19 Å². The second-order valence-electron chi connectivity index (χ2n) is 1.99. The molecule has 12 heavy (non-hydrogen) atoms. The average molecular weight is 182 g/mol. The van der Waals surface area contributed by atoms with Gasteiger partial charge in [-0.1, -0.05) is 11.3 Å². The van der Waals surface area contributed by atoms with Gasteiger partial charge >= 0.3 is 0 Å². The minimum Gasteiger partial charge on any atom is -0.473 e. The summed E-state index contributed by atoms with van der Waals surface area (Å²) in [5.41, 5.74) is 0. The van der Waals surface area contributed by atoms with Crippen LogP contribution < -0.4 is 4.74 Å². The molecule has 0 saturated carbocycles. The van der Waals surface area contributed by atoms with E-state index in [1.165, 1.54) is 16.1 Å². The van der Waals surface area contributed by atoms with Crippen LogP contribution >= 0.6 is 11.3 Å². The van der Waals surface area contributed by atoms with Gasteiger partial charge in [0.05, 0.1) is 25.7 Å². The van der Waals surface area contributed by atoms with E-state index in [4.69, 9.17) is 4.74 Å². The fraction of sp³-hybridized carbons (Fsp3) is 0.167. The molecule has 2 heterocycles. The molecule has 2 rings (SSSR count). The summed E-state index contributed by atoms with van der Waals surface area (Å²) >= 11 is 1.40. The lowest BCUT2D eigenvalue weighted by Crippen LogP contribution is -1.93. The molecule has 0 spiro atoms. The van der Waals surface area contributed by atoms with E-state index < -0.39 is 0 Å². The Balaban J connectivity index is 2.35. The molecule has 0 aliphatic rings. The maximum atomic E-state index is 4.93. The summed E-state index contributed by atoms with van der Waals surface area (Å²) in [4.78, 5) is 5.49. The number of thiazole rings is 1. The largest absolute Gasteiger partial charge is 0.473 e. The molecule has 0 aliphatic carbocycles. The lowest BCUT2D eigenvalue weighted by Gasteiger charge is -1.89. The Bertz CT molecular complexity index is 355. The van der Waals surface area contributed by atoms with E-state index in [9.17, 15) is 0 Å². The fourth-order valence-electron chi connectivity index (χ4n) is 0.766. The zero-order valence-electron chi connectivity index (χ0n) is 6.34. The van der Waals surface area contributed by atoms with Crippen LogP contribution in [0.25, 0.3) is 5.00 Å². The van der Waals surface area contributed by atoms with Gasteiger partial charge in [0.2, 0.25) is 0 Å². The van der Waals surface area contributed by atoms with E-state index in [2.05, 4.69) is 15.2 Å². The topological polar surface area (TPSA) is 52.8 Å².